The Balaban J connectivity index is 1.36. The monoisotopic (exact) mass is 509 g/mol. The molecule has 0 unspecified atom stereocenters. The lowest BCUT2D eigenvalue weighted by atomic mass is 9.88. The van der Waals surface area contributed by atoms with Crippen LogP contribution in [0.2, 0.25) is 0 Å². The third-order valence-electron chi connectivity index (χ3n) is 7.15. The fourth-order valence-electron chi connectivity index (χ4n) is 5.00. The number of halogens is 2. The molecule has 0 saturated carbocycles. The molecule has 2 aromatic carbocycles. The Bertz CT molecular complexity index is 1330. The lowest BCUT2D eigenvalue weighted by Crippen LogP contribution is -2.63. The molecule has 2 aliphatic rings. The number of nitrogen functional groups attached to an aromatic ring is 1. The highest BCUT2D eigenvalue weighted by Gasteiger charge is 2.50. The summed E-state index contributed by atoms with van der Waals surface area (Å²) in [6, 6.07) is 13.1. The van der Waals surface area contributed by atoms with Crippen LogP contribution in [0.3, 0.4) is 0 Å². The van der Waals surface area contributed by atoms with Crippen molar-refractivity contribution >= 4 is 17.5 Å². The lowest BCUT2D eigenvalue weighted by Gasteiger charge is -2.52. The van der Waals surface area contributed by atoms with Gasteiger partial charge in [0, 0.05) is 62.8 Å². The minimum absolute atomic E-state index is 0.0152. The zero-order chi connectivity index (χ0) is 26.3. The van der Waals surface area contributed by atoms with Gasteiger partial charge in [0.2, 0.25) is 0 Å². The van der Waals surface area contributed by atoms with Crippen LogP contribution in [0.5, 0.6) is 0 Å². The second-order valence-corrected chi connectivity index (χ2v) is 9.74. The standard InChI is InChI=1S/C27H29F2N5O3/c1-32(2)26(36)18-11-21(28)20(22(29)12-18)14-33-9-10-34-23(7-8-24(34)27(33)15-37-16-27)25(35)31-13-17-3-5-19(30)6-4-17/h3-8,11-12H,9-10,13-16,30H2,1-2H3,(H,31,35). The maximum Gasteiger partial charge on any atom is 0.268 e. The first kappa shape index (κ1) is 24.9. The number of hydrogen-bond donors (Lipinski definition) is 2. The van der Waals surface area contributed by atoms with Crippen LogP contribution in [0.25, 0.3) is 0 Å². The van der Waals surface area contributed by atoms with Crippen molar-refractivity contribution < 1.29 is 23.1 Å². The van der Waals surface area contributed by atoms with Crippen LogP contribution in [0.1, 0.15) is 37.7 Å². The van der Waals surface area contributed by atoms with E-state index in [9.17, 15) is 18.4 Å². The fraction of sp³-hybridized carbons (Fsp3) is 0.333. The number of carbonyl (C=O) groups is 2. The Labute approximate surface area is 213 Å². The van der Waals surface area contributed by atoms with Crippen molar-refractivity contribution in [1.29, 1.82) is 0 Å². The van der Waals surface area contributed by atoms with E-state index < -0.39 is 23.1 Å². The van der Waals surface area contributed by atoms with E-state index in [1.165, 1.54) is 19.0 Å². The van der Waals surface area contributed by atoms with E-state index in [0.29, 0.717) is 44.2 Å². The van der Waals surface area contributed by atoms with Crippen molar-refractivity contribution in [1.82, 2.24) is 19.7 Å². The Morgan fingerprint density at radius 3 is 2.32 bits per heavy atom. The molecule has 0 radical (unpaired) electrons. The van der Waals surface area contributed by atoms with E-state index in [-0.39, 0.29) is 23.6 Å². The fourth-order valence-corrected chi connectivity index (χ4v) is 5.00. The van der Waals surface area contributed by atoms with Crippen LogP contribution >= 0.6 is 0 Å². The molecule has 37 heavy (non-hydrogen) atoms. The SMILES string of the molecule is CN(C)C(=O)c1cc(F)c(CN2CCn3c(C(=O)NCc4ccc(N)cc4)ccc3C23COC3)c(F)c1. The Kier molecular flexibility index (Phi) is 6.47. The molecule has 8 nitrogen and oxygen atoms in total. The van der Waals surface area contributed by atoms with Crippen molar-refractivity contribution in [3.63, 3.8) is 0 Å². The number of aromatic nitrogens is 1. The van der Waals surface area contributed by atoms with E-state index in [0.717, 1.165) is 23.4 Å². The van der Waals surface area contributed by atoms with Gasteiger partial charge in [0.1, 0.15) is 22.9 Å². The maximum atomic E-state index is 15.0. The molecule has 1 saturated heterocycles. The van der Waals surface area contributed by atoms with Crippen molar-refractivity contribution in [2.24, 2.45) is 0 Å². The van der Waals surface area contributed by atoms with Crippen molar-refractivity contribution in [3.8, 4) is 0 Å². The van der Waals surface area contributed by atoms with Gasteiger partial charge in [-0.25, -0.2) is 8.78 Å². The highest BCUT2D eigenvalue weighted by Crippen LogP contribution is 2.41. The first-order valence-corrected chi connectivity index (χ1v) is 12.0. The normalized spacial score (nSPS) is 16.2. The number of hydrogen-bond acceptors (Lipinski definition) is 5. The molecule has 0 aliphatic carbocycles. The van der Waals surface area contributed by atoms with Crippen LogP contribution in [0.15, 0.2) is 48.5 Å². The maximum absolute atomic E-state index is 15.0. The van der Waals surface area contributed by atoms with Gasteiger partial charge in [0.25, 0.3) is 11.8 Å². The minimum Gasteiger partial charge on any atom is -0.399 e. The number of nitrogens with zero attached hydrogens (tertiary/aromatic N) is 3. The second-order valence-electron chi connectivity index (χ2n) is 9.74. The molecule has 5 rings (SSSR count). The van der Waals surface area contributed by atoms with E-state index in [2.05, 4.69) is 5.32 Å². The third kappa shape index (κ3) is 4.47. The molecule has 0 bridgehead atoms. The zero-order valence-corrected chi connectivity index (χ0v) is 20.8. The van der Waals surface area contributed by atoms with Gasteiger partial charge in [-0.05, 0) is 42.0 Å². The molecule has 3 heterocycles. The summed E-state index contributed by atoms with van der Waals surface area (Å²) in [5, 5.41) is 2.95. The van der Waals surface area contributed by atoms with Gasteiger partial charge in [-0.2, -0.15) is 0 Å². The summed E-state index contributed by atoms with van der Waals surface area (Å²) in [7, 11) is 3.06. The first-order chi connectivity index (χ1) is 17.7. The summed E-state index contributed by atoms with van der Waals surface area (Å²) >= 11 is 0. The van der Waals surface area contributed by atoms with Crippen molar-refractivity contribution in [2.45, 2.75) is 25.2 Å². The number of nitrogens with two attached hydrogens (primary N) is 1. The van der Waals surface area contributed by atoms with Crippen LogP contribution in [-0.4, -0.2) is 60.0 Å². The highest BCUT2D eigenvalue weighted by molar-refractivity contribution is 5.94. The average Bonchev–Trinajstić information content (AvgIpc) is 3.28. The van der Waals surface area contributed by atoms with E-state index in [4.69, 9.17) is 10.5 Å². The zero-order valence-electron chi connectivity index (χ0n) is 20.8. The van der Waals surface area contributed by atoms with Crippen molar-refractivity contribution in [2.75, 3.05) is 39.6 Å². The molecule has 1 fully saturated rings. The molecule has 0 atom stereocenters. The number of anilines is 1. The molecule has 1 aromatic heterocycles. The molecular weight excluding hydrogens is 480 g/mol. The molecular formula is C27H29F2N5O3. The number of nitrogens with one attached hydrogen (secondary N) is 1. The lowest BCUT2D eigenvalue weighted by molar-refractivity contribution is -0.163. The van der Waals surface area contributed by atoms with Crippen molar-refractivity contribution in [3.05, 3.63) is 88.2 Å². The summed E-state index contributed by atoms with van der Waals surface area (Å²) < 4.78 is 37.5. The van der Waals surface area contributed by atoms with Gasteiger partial charge in [-0.1, -0.05) is 12.1 Å². The van der Waals surface area contributed by atoms with Gasteiger partial charge in [-0.15, -0.1) is 0 Å². The predicted octanol–water partition coefficient (Wildman–Crippen LogP) is 2.72. The number of carbonyl (C=O) groups excluding carboxylic acids is 2. The van der Waals surface area contributed by atoms with E-state index >= 15 is 0 Å². The molecule has 3 N–H and O–H groups in total. The first-order valence-electron chi connectivity index (χ1n) is 12.0. The molecule has 2 aliphatic heterocycles. The average molecular weight is 510 g/mol. The van der Waals surface area contributed by atoms with Gasteiger partial charge < -0.3 is 25.3 Å². The van der Waals surface area contributed by atoms with E-state index in [1.807, 2.05) is 27.7 Å². The van der Waals surface area contributed by atoms with Gasteiger partial charge >= 0.3 is 0 Å². The van der Waals surface area contributed by atoms with Crippen LogP contribution in [-0.2, 0) is 29.9 Å². The highest BCUT2D eigenvalue weighted by atomic mass is 19.1. The summed E-state index contributed by atoms with van der Waals surface area (Å²) in [6.07, 6.45) is 0. The van der Waals surface area contributed by atoms with Gasteiger partial charge in [-0.3, -0.25) is 14.5 Å². The number of amides is 2. The summed E-state index contributed by atoms with van der Waals surface area (Å²) in [5.74, 6) is -2.19. The smallest absolute Gasteiger partial charge is 0.268 e. The molecule has 10 heteroatoms. The van der Waals surface area contributed by atoms with E-state index in [1.54, 1.807) is 18.2 Å². The number of fused-ring (bicyclic) bond motifs is 2. The second kappa shape index (κ2) is 9.60. The van der Waals surface area contributed by atoms with Crippen LogP contribution < -0.4 is 11.1 Å². The summed E-state index contributed by atoms with van der Waals surface area (Å²) in [5.41, 5.74) is 8.00. The van der Waals surface area contributed by atoms with Crippen LogP contribution in [0.4, 0.5) is 14.5 Å². The topological polar surface area (TPSA) is 92.8 Å². The van der Waals surface area contributed by atoms with Gasteiger partial charge in [0.05, 0.1) is 13.2 Å². The Morgan fingerprint density at radius 1 is 1.05 bits per heavy atom. The van der Waals surface area contributed by atoms with Gasteiger partial charge in [0.15, 0.2) is 0 Å². The van der Waals surface area contributed by atoms with Crippen LogP contribution in [0, 0.1) is 11.6 Å². The minimum atomic E-state index is -0.760. The molecule has 2 amide bonds. The third-order valence-corrected chi connectivity index (χ3v) is 7.15. The summed E-state index contributed by atoms with van der Waals surface area (Å²) in [6.45, 7) is 2.04. The molecule has 194 valence electrons. The number of benzene rings is 2. The largest absolute Gasteiger partial charge is 0.399 e. The quantitative estimate of drug-likeness (QED) is 0.499. The molecule has 3 aromatic rings. The molecule has 1 spiro atoms. The Hall–Kier alpha value is -3.76. The number of rotatable bonds is 6. The predicted molar refractivity (Wildman–Crippen MR) is 134 cm³/mol. The summed E-state index contributed by atoms with van der Waals surface area (Å²) in [4.78, 5) is 28.4. The number of ether oxygens (including phenoxy) is 1. The Morgan fingerprint density at radius 2 is 1.73 bits per heavy atom.